The van der Waals surface area contributed by atoms with E-state index < -0.39 is 0 Å². The lowest BCUT2D eigenvalue weighted by atomic mass is 9.87. The molecule has 2 aromatic rings. The lowest BCUT2D eigenvalue weighted by molar-refractivity contribution is 0.102. The van der Waals surface area contributed by atoms with Crippen molar-refractivity contribution in [1.82, 2.24) is 0 Å². The molecule has 1 aliphatic rings. The van der Waals surface area contributed by atoms with Gasteiger partial charge in [0.05, 0.1) is 12.1 Å². The Labute approximate surface area is 140 Å². The highest BCUT2D eigenvalue weighted by Gasteiger charge is 2.23. The summed E-state index contributed by atoms with van der Waals surface area (Å²) in [4.78, 5) is 12.5. The Balaban J connectivity index is 2.03. The van der Waals surface area contributed by atoms with Crippen molar-refractivity contribution in [2.45, 2.75) is 19.3 Å². The van der Waals surface area contributed by atoms with Gasteiger partial charge in [0.1, 0.15) is 5.75 Å². The zero-order chi connectivity index (χ0) is 16.4. The number of allylic oxidation sites excluding steroid dienone is 2. The van der Waals surface area contributed by atoms with Crippen molar-refractivity contribution in [3.8, 4) is 5.75 Å². The highest BCUT2D eigenvalue weighted by molar-refractivity contribution is 6.32. The van der Waals surface area contributed by atoms with Gasteiger partial charge in [0.15, 0.2) is 0 Å². The highest BCUT2D eigenvalue weighted by atomic mass is 35.5. The molecule has 0 aliphatic heterocycles. The number of rotatable bonds is 3. The van der Waals surface area contributed by atoms with Crippen LogP contribution in [-0.2, 0) is 6.42 Å². The fraction of sp³-hybridized carbons (Fsp3) is 0.211. The summed E-state index contributed by atoms with van der Waals surface area (Å²) in [5, 5.41) is 3.51. The summed E-state index contributed by atoms with van der Waals surface area (Å²) in [7, 11) is 1.62. The maximum Gasteiger partial charge on any atom is 0.255 e. The van der Waals surface area contributed by atoms with E-state index in [4.69, 9.17) is 16.3 Å². The Kier molecular flexibility index (Phi) is 4.39. The summed E-state index contributed by atoms with van der Waals surface area (Å²) in [6.45, 7) is 2.10. The number of ether oxygens (including phenoxy) is 1. The zero-order valence-electron chi connectivity index (χ0n) is 13.1. The van der Waals surface area contributed by atoms with Gasteiger partial charge in [0, 0.05) is 22.7 Å². The molecule has 0 bridgehead atoms. The molecule has 0 fully saturated rings. The number of nitrogens with one attached hydrogen (secondary N) is 1. The summed E-state index contributed by atoms with van der Waals surface area (Å²) >= 11 is 6.34. The molecule has 0 spiro atoms. The van der Waals surface area contributed by atoms with Crippen LogP contribution in [0.5, 0.6) is 5.75 Å². The summed E-state index contributed by atoms with van der Waals surface area (Å²) in [6, 6.07) is 10.9. The number of methoxy groups -OCH3 is 1. The van der Waals surface area contributed by atoms with Gasteiger partial charge in [0.2, 0.25) is 0 Å². The van der Waals surface area contributed by atoms with Crippen LogP contribution >= 0.6 is 11.6 Å². The standard InChI is InChI=1S/C19H18ClNO2/c1-12-7-6-10-14-17(12)16(11-15(20)18(14)23-2)21-19(22)13-8-4-3-5-9-13/h3-9,11-12H,10H2,1-2H3,(H,21,22). The average Bonchev–Trinajstić information content (AvgIpc) is 2.55. The molecule has 1 aliphatic carbocycles. The van der Waals surface area contributed by atoms with Gasteiger partial charge in [-0.15, -0.1) is 0 Å². The van der Waals surface area contributed by atoms with Crippen LogP contribution in [0.15, 0.2) is 48.6 Å². The van der Waals surface area contributed by atoms with E-state index in [1.54, 1.807) is 25.3 Å². The third-order valence-corrected chi connectivity index (χ3v) is 4.35. The Bertz CT molecular complexity index is 769. The minimum Gasteiger partial charge on any atom is -0.495 e. The van der Waals surface area contributed by atoms with E-state index in [9.17, 15) is 4.79 Å². The van der Waals surface area contributed by atoms with Gasteiger partial charge in [-0.05, 0) is 30.2 Å². The third kappa shape index (κ3) is 2.97. The topological polar surface area (TPSA) is 38.3 Å². The zero-order valence-corrected chi connectivity index (χ0v) is 13.9. The average molecular weight is 328 g/mol. The van der Waals surface area contributed by atoms with E-state index >= 15 is 0 Å². The van der Waals surface area contributed by atoms with Crippen LogP contribution in [0.4, 0.5) is 5.69 Å². The number of amides is 1. The van der Waals surface area contributed by atoms with Crippen molar-refractivity contribution < 1.29 is 9.53 Å². The first-order chi connectivity index (χ1) is 11.1. The van der Waals surface area contributed by atoms with E-state index in [1.165, 1.54) is 0 Å². The van der Waals surface area contributed by atoms with E-state index in [1.807, 2.05) is 18.2 Å². The first-order valence-electron chi connectivity index (χ1n) is 7.54. The molecule has 1 atom stereocenters. The molecule has 3 rings (SSSR count). The van der Waals surface area contributed by atoms with Gasteiger partial charge >= 0.3 is 0 Å². The largest absolute Gasteiger partial charge is 0.495 e. The number of hydrogen-bond donors (Lipinski definition) is 1. The van der Waals surface area contributed by atoms with Gasteiger partial charge in [-0.3, -0.25) is 4.79 Å². The van der Waals surface area contributed by atoms with E-state index in [0.717, 1.165) is 23.2 Å². The minimum absolute atomic E-state index is 0.143. The highest BCUT2D eigenvalue weighted by Crippen LogP contribution is 2.42. The van der Waals surface area contributed by atoms with Crippen LogP contribution in [0, 0.1) is 0 Å². The molecule has 4 heteroatoms. The maximum atomic E-state index is 12.5. The van der Waals surface area contributed by atoms with Crippen LogP contribution in [0.1, 0.15) is 34.3 Å². The Morgan fingerprint density at radius 1 is 1.30 bits per heavy atom. The number of hydrogen-bond acceptors (Lipinski definition) is 2. The van der Waals surface area contributed by atoms with Crippen molar-refractivity contribution in [3.63, 3.8) is 0 Å². The number of fused-ring (bicyclic) bond motifs is 1. The SMILES string of the molecule is COc1c(Cl)cc(NC(=O)c2ccccc2)c2c1CC=CC2C. The molecular weight excluding hydrogens is 310 g/mol. The Morgan fingerprint density at radius 2 is 2.04 bits per heavy atom. The number of carbonyl (C=O) groups excluding carboxylic acids is 1. The second kappa shape index (κ2) is 6.47. The first-order valence-corrected chi connectivity index (χ1v) is 7.92. The molecule has 0 aromatic heterocycles. The number of carbonyl (C=O) groups is 1. The number of anilines is 1. The fourth-order valence-corrected chi connectivity index (χ4v) is 3.32. The molecule has 118 valence electrons. The molecule has 0 heterocycles. The van der Waals surface area contributed by atoms with Crippen LogP contribution in [0.2, 0.25) is 5.02 Å². The lowest BCUT2D eigenvalue weighted by Gasteiger charge is -2.24. The first kappa shape index (κ1) is 15.6. The second-order valence-corrected chi connectivity index (χ2v) is 5.98. The molecular formula is C19H18ClNO2. The Morgan fingerprint density at radius 3 is 2.74 bits per heavy atom. The molecule has 3 nitrogen and oxygen atoms in total. The van der Waals surface area contributed by atoms with E-state index in [-0.39, 0.29) is 11.8 Å². The summed E-state index contributed by atoms with van der Waals surface area (Å²) in [5.41, 5.74) is 3.47. The second-order valence-electron chi connectivity index (χ2n) is 5.57. The predicted molar refractivity (Wildman–Crippen MR) is 93.7 cm³/mol. The van der Waals surface area contributed by atoms with Crippen LogP contribution in [-0.4, -0.2) is 13.0 Å². The monoisotopic (exact) mass is 327 g/mol. The minimum atomic E-state index is -0.143. The smallest absolute Gasteiger partial charge is 0.255 e. The summed E-state index contributed by atoms with van der Waals surface area (Å²) < 4.78 is 5.46. The van der Waals surface area contributed by atoms with Gasteiger partial charge in [-0.25, -0.2) is 0 Å². The van der Waals surface area contributed by atoms with E-state index in [2.05, 4.69) is 24.4 Å². The molecule has 2 aromatic carbocycles. The van der Waals surface area contributed by atoms with Crippen LogP contribution in [0.3, 0.4) is 0 Å². The van der Waals surface area contributed by atoms with Crippen molar-refractivity contribution in [2.75, 3.05) is 12.4 Å². The van der Waals surface area contributed by atoms with E-state index in [0.29, 0.717) is 16.3 Å². The molecule has 0 radical (unpaired) electrons. The van der Waals surface area contributed by atoms with Crippen molar-refractivity contribution in [3.05, 3.63) is 70.3 Å². The van der Waals surface area contributed by atoms with Gasteiger partial charge in [-0.2, -0.15) is 0 Å². The summed E-state index contributed by atoms with van der Waals surface area (Å²) in [5.74, 6) is 0.738. The predicted octanol–water partition coefficient (Wildman–Crippen LogP) is 4.82. The van der Waals surface area contributed by atoms with Crippen LogP contribution < -0.4 is 10.1 Å². The molecule has 23 heavy (non-hydrogen) atoms. The Hall–Kier alpha value is -2.26. The molecule has 1 N–H and O–H groups in total. The number of benzene rings is 2. The maximum absolute atomic E-state index is 12.5. The van der Waals surface area contributed by atoms with Gasteiger partial charge < -0.3 is 10.1 Å². The van der Waals surface area contributed by atoms with Gasteiger partial charge in [-0.1, -0.05) is 48.9 Å². The fourth-order valence-electron chi connectivity index (χ4n) is 3.02. The molecule has 0 saturated heterocycles. The normalized spacial score (nSPS) is 15.9. The molecule has 1 unspecified atom stereocenters. The van der Waals surface area contributed by atoms with Crippen molar-refractivity contribution in [2.24, 2.45) is 0 Å². The van der Waals surface area contributed by atoms with Crippen molar-refractivity contribution >= 4 is 23.2 Å². The molecule has 1 amide bonds. The summed E-state index contributed by atoms with van der Waals surface area (Å²) in [6.07, 6.45) is 4.99. The van der Waals surface area contributed by atoms with Crippen molar-refractivity contribution in [1.29, 1.82) is 0 Å². The molecule has 0 saturated carbocycles. The lowest BCUT2D eigenvalue weighted by Crippen LogP contribution is -2.16. The number of halogens is 1. The van der Waals surface area contributed by atoms with Gasteiger partial charge in [0.25, 0.3) is 5.91 Å². The quantitative estimate of drug-likeness (QED) is 0.821. The van der Waals surface area contributed by atoms with Crippen LogP contribution in [0.25, 0.3) is 0 Å². The third-order valence-electron chi connectivity index (χ3n) is 4.07.